The summed E-state index contributed by atoms with van der Waals surface area (Å²) >= 11 is 0. The summed E-state index contributed by atoms with van der Waals surface area (Å²) in [7, 11) is 3.97. The standard InChI is InChI=1S/C6H9N3O3.CH4/c1-7-4(10)8(2)6(12)9(3)5(7)11;/h1-3H3;1H4. The monoisotopic (exact) mass is 187 g/mol. The lowest BCUT2D eigenvalue weighted by Crippen LogP contribution is -2.51. The van der Waals surface area contributed by atoms with Crippen LogP contribution in [0.4, 0.5) is 0 Å². The van der Waals surface area contributed by atoms with Crippen molar-refractivity contribution in [3.8, 4) is 0 Å². The highest BCUT2D eigenvalue weighted by Gasteiger charge is 2.05. The molecule has 0 N–H and O–H groups in total. The van der Waals surface area contributed by atoms with Crippen LogP contribution in [-0.2, 0) is 21.1 Å². The Morgan fingerprint density at radius 2 is 0.846 bits per heavy atom. The van der Waals surface area contributed by atoms with Crippen LogP contribution in [0.1, 0.15) is 7.43 Å². The maximum Gasteiger partial charge on any atom is 0.335 e. The van der Waals surface area contributed by atoms with E-state index < -0.39 is 17.1 Å². The molecule has 0 atom stereocenters. The van der Waals surface area contributed by atoms with Gasteiger partial charge >= 0.3 is 17.1 Å². The Bertz CT molecular complexity index is 375. The zero-order valence-corrected chi connectivity index (χ0v) is 7.07. The molecule has 0 aliphatic heterocycles. The molecule has 0 unspecified atom stereocenters. The van der Waals surface area contributed by atoms with Crippen molar-refractivity contribution < 1.29 is 0 Å². The Balaban J connectivity index is 0.00000144. The molecule has 0 radical (unpaired) electrons. The third-order valence-corrected chi connectivity index (χ3v) is 1.72. The van der Waals surface area contributed by atoms with E-state index in [1.165, 1.54) is 21.1 Å². The highest BCUT2D eigenvalue weighted by atomic mass is 16.2. The van der Waals surface area contributed by atoms with Crippen LogP contribution in [0.2, 0.25) is 0 Å². The predicted octanol–water partition coefficient (Wildman–Crippen LogP) is -1.58. The highest BCUT2D eigenvalue weighted by molar-refractivity contribution is 4.73. The van der Waals surface area contributed by atoms with Gasteiger partial charge in [-0.15, -0.1) is 0 Å². The van der Waals surface area contributed by atoms with E-state index in [-0.39, 0.29) is 7.43 Å². The Morgan fingerprint density at radius 1 is 0.692 bits per heavy atom. The van der Waals surface area contributed by atoms with Crippen LogP contribution < -0.4 is 17.1 Å². The van der Waals surface area contributed by atoms with Gasteiger partial charge in [0, 0.05) is 21.1 Å². The Morgan fingerprint density at radius 3 is 1.00 bits per heavy atom. The van der Waals surface area contributed by atoms with Crippen molar-refractivity contribution in [1.29, 1.82) is 0 Å². The summed E-state index contributed by atoms with van der Waals surface area (Å²) in [6.45, 7) is 0. The van der Waals surface area contributed by atoms with Gasteiger partial charge in [0.1, 0.15) is 0 Å². The SMILES string of the molecule is C.Cn1c(=O)n(C)c(=O)n(C)c1=O. The first kappa shape index (κ1) is 11.4. The van der Waals surface area contributed by atoms with E-state index in [1.54, 1.807) is 0 Å². The summed E-state index contributed by atoms with van der Waals surface area (Å²) < 4.78 is 2.63. The molecule has 0 aliphatic carbocycles. The molecule has 0 aliphatic rings. The molecule has 6 heteroatoms. The average molecular weight is 187 g/mol. The van der Waals surface area contributed by atoms with E-state index in [9.17, 15) is 14.4 Å². The van der Waals surface area contributed by atoms with Gasteiger partial charge in [-0.2, -0.15) is 0 Å². The van der Waals surface area contributed by atoms with Crippen molar-refractivity contribution >= 4 is 0 Å². The summed E-state index contributed by atoms with van der Waals surface area (Å²) in [4.78, 5) is 33.2. The Hall–Kier alpha value is -1.59. The maximum absolute atomic E-state index is 11.1. The number of aromatic nitrogens is 3. The molecule has 1 aromatic heterocycles. The zero-order chi connectivity index (χ0) is 9.46. The van der Waals surface area contributed by atoms with Crippen LogP contribution in [0.15, 0.2) is 14.4 Å². The molecule has 1 rings (SSSR count). The van der Waals surface area contributed by atoms with Gasteiger partial charge in [0.05, 0.1) is 0 Å². The van der Waals surface area contributed by atoms with Gasteiger partial charge in [0.25, 0.3) is 0 Å². The molecule has 13 heavy (non-hydrogen) atoms. The topological polar surface area (TPSA) is 66.0 Å². The molecule has 0 bridgehead atoms. The lowest BCUT2D eigenvalue weighted by atomic mass is 10.8. The van der Waals surface area contributed by atoms with Crippen molar-refractivity contribution in [2.45, 2.75) is 7.43 Å². The zero-order valence-electron chi connectivity index (χ0n) is 7.07. The summed E-state index contributed by atoms with van der Waals surface area (Å²) in [6.07, 6.45) is 0. The van der Waals surface area contributed by atoms with E-state index in [2.05, 4.69) is 0 Å². The number of nitrogens with zero attached hydrogens (tertiary/aromatic N) is 3. The van der Waals surface area contributed by atoms with Crippen LogP contribution >= 0.6 is 0 Å². The maximum atomic E-state index is 11.1. The summed E-state index contributed by atoms with van der Waals surface area (Å²) in [5, 5.41) is 0. The molecule has 0 amide bonds. The molecule has 0 saturated carbocycles. The summed E-state index contributed by atoms with van der Waals surface area (Å²) in [5.74, 6) is 0. The van der Waals surface area contributed by atoms with Crippen LogP contribution in [0.25, 0.3) is 0 Å². The number of rotatable bonds is 0. The molecule has 6 nitrogen and oxygen atoms in total. The second-order valence-electron chi connectivity index (χ2n) is 2.52. The Kier molecular flexibility index (Phi) is 3.00. The minimum Gasteiger partial charge on any atom is -0.248 e. The molecule has 0 saturated heterocycles. The third kappa shape index (κ3) is 1.47. The molecular formula is C7H13N3O3. The number of hydrogen-bond acceptors (Lipinski definition) is 3. The largest absolute Gasteiger partial charge is 0.335 e. The highest BCUT2D eigenvalue weighted by Crippen LogP contribution is 1.58. The summed E-state index contributed by atoms with van der Waals surface area (Å²) in [5.41, 5.74) is -1.82. The van der Waals surface area contributed by atoms with Gasteiger partial charge < -0.3 is 0 Å². The first-order chi connectivity index (χ1) is 5.46. The van der Waals surface area contributed by atoms with E-state index in [0.29, 0.717) is 0 Å². The van der Waals surface area contributed by atoms with Gasteiger partial charge in [0.2, 0.25) is 0 Å². The van der Waals surface area contributed by atoms with Crippen molar-refractivity contribution in [1.82, 2.24) is 13.7 Å². The molecule has 0 fully saturated rings. The molecular weight excluding hydrogens is 174 g/mol. The van der Waals surface area contributed by atoms with Gasteiger partial charge in [0.15, 0.2) is 0 Å². The second kappa shape index (κ2) is 3.42. The van der Waals surface area contributed by atoms with Crippen LogP contribution in [0.5, 0.6) is 0 Å². The van der Waals surface area contributed by atoms with Crippen LogP contribution in [0.3, 0.4) is 0 Å². The van der Waals surface area contributed by atoms with Crippen LogP contribution in [-0.4, -0.2) is 13.7 Å². The summed E-state index contributed by atoms with van der Waals surface area (Å²) in [6, 6.07) is 0. The molecule has 74 valence electrons. The van der Waals surface area contributed by atoms with Gasteiger partial charge in [-0.25, -0.2) is 28.1 Å². The van der Waals surface area contributed by atoms with E-state index >= 15 is 0 Å². The second-order valence-corrected chi connectivity index (χ2v) is 2.52. The van der Waals surface area contributed by atoms with E-state index in [0.717, 1.165) is 13.7 Å². The predicted molar refractivity (Wildman–Crippen MR) is 48.9 cm³/mol. The van der Waals surface area contributed by atoms with E-state index in [4.69, 9.17) is 0 Å². The van der Waals surface area contributed by atoms with Gasteiger partial charge in [-0.1, -0.05) is 7.43 Å². The molecule has 0 aromatic carbocycles. The van der Waals surface area contributed by atoms with Crippen LogP contribution in [0, 0.1) is 0 Å². The third-order valence-electron chi connectivity index (χ3n) is 1.72. The fourth-order valence-electron chi connectivity index (χ4n) is 0.920. The van der Waals surface area contributed by atoms with Gasteiger partial charge in [-0.05, 0) is 0 Å². The van der Waals surface area contributed by atoms with Crippen molar-refractivity contribution in [3.63, 3.8) is 0 Å². The van der Waals surface area contributed by atoms with Crippen molar-refractivity contribution in [2.24, 2.45) is 21.1 Å². The molecule has 0 spiro atoms. The molecule has 1 aromatic rings. The lowest BCUT2D eigenvalue weighted by Gasteiger charge is -2.02. The first-order valence-corrected chi connectivity index (χ1v) is 3.30. The van der Waals surface area contributed by atoms with Crippen molar-refractivity contribution in [2.75, 3.05) is 0 Å². The van der Waals surface area contributed by atoms with Crippen molar-refractivity contribution in [3.05, 3.63) is 31.5 Å². The van der Waals surface area contributed by atoms with E-state index in [1.807, 2.05) is 0 Å². The first-order valence-electron chi connectivity index (χ1n) is 3.30. The molecule has 1 heterocycles. The quantitative estimate of drug-likeness (QED) is 0.492. The normalized spacial score (nSPS) is 9.46. The smallest absolute Gasteiger partial charge is 0.248 e. The average Bonchev–Trinajstić information content (AvgIpc) is 2.08. The lowest BCUT2D eigenvalue weighted by molar-refractivity contribution is 0.551. The fraction of sp³-hybridized carbons (Fsp3) is 0.571. The van der Waals surface area contributed by atoms with Gasteiger partial charge in [-0.3, -0.25) is 0 Å². The fourth-order valence-corrected chi connectivity index (χ4v) is 0.920. The number of hydrogen-bond donors (Lipinski definition) is 0. The minimum atomic E-state index is -0.608. The Labute approximate surface area is 74.7 Å². The minimum absolute atomic E-state index is 0.